The number of amides is 4. The summed E-state index contributed by atoms with van der Waals surface area (Å²) < 4.78 is 0. The van der Waals surface area contributed by atoms with Crippen molar-refractivity contribution in [2.24, 2.45) is 17.6 Å². The Balaban J connectivity index is 1.53. The number of nitrogens with one attached hydrogen (secondary N) is 2. The van der Waals surface area contributed by atoms with E-state index in [9.17, 15) is 19.2 Å². The number of allylic oxidation sites excluding steroid dienone is 2. The standard InChI is InChI=1S/C23H22N4O4S/c24-20(28)13-32-19-11-4-3-10-18(19)25-21(29)14-6-5-7-15(12-14)27-23(31)17-9-2-1-8-16(17)22(30)26-27/h1-7,10-12,16-17H,8-9,13H2,(H2,24,28)(H,25,29)(H,26,30). The second-order valence-electron chi connectivity index (χ2n) is 7.56. The molecule has 4 rings (SSSR count). The Morgan fingerprint density at radius 3 is 2.59 bits per heavy atom. The number of rotatable bonds is 6. The lowest BCUT2D eigenvalue weighted by atomic mass is 9.80. The van der Waals surface area contributed by atoms with Crippen molar-refractivity contribution in [3.8, 4) is 0 Å². The van der Waals surface area contributed by atoms with Crippen molar-refractivity contribution in [1.82, 2.24) is 5.43 Å². The number of thioether (sulfide) groups is 1. The molecule has 0 saturated carbocycles. The minimum atomic E-state index is -0.451. The number of carbonyl (C=O) groups excluding carboxylic acids is 4. The predicted molar refractivity (Wildman–Crippen MR) is 122 cm³/mol. The van der Waals surface area contributed by atoms with E-state index in [0.717, 1.165) is 0 Å². The summed E-state index contributed by atoms with van der Waals surface area (Å²) in [4.78, 5) is 50.2. The summed E-state index contributed by atoms with van der Waals surface area (Å²) in [6, 6.07) is 13.6. The van der Waals surface area contributed by atoms with Gasteiger partial charge in [0.2, 0.25) is 17.7 Å². The maximum Gasteiger partial charge on any atom is 0.255 e. The number of fused-ring (bicyclic) bond motifs is 1. The average molecular weight is 451 g/mol. The van der Waals surface area contributed by atoms with Crippen LogP contribution in [0, 0.1) is 11.8 Å². The molecule has 2 aliphatic rings. The van der Waals surface area contributed by atoms with Crippen molar-refractivity contribution in [2.45, 2.75) is 17.7 Å². The quantitative estimate of drug-likeness (QED) is 0.461. The molecule has 0 radical (unpaired) electrons. The molecule has 4 amide bonds. The zero-order valence-electron chi connectivity index (χ0n) is 17.1. The zero-order valence-corrected chi connectivity index (χ0v) is 17.9. The van der Waals surface area contributed by atoms with E-state index in [1.165, 1.54) is 16.8 Å². The summed E-state index contributed by atoms with van der Waals surface area (Å²) in [6.45, 7) is 0. The molecular formula is C23H22N4O4S. The van der Waals surface area contributed by atoms with Crippen molar-refractivity contribution >= 4 is 46.8 Å². The average Bonchev–Trinajstić information content (AvgIpc) is 2.81. The number of nitrogens with zero attached hydrogens (tertiary/aromatic N) is 1. The summed E-state index contributed by atoms with van der Waals surface area (Å²) in [6.07, 6.45) is 4.92. The van der Waals surface area contributed by atoms with Crippen LogP contribution in [-0.4, -0.2) is 29.4 Å². The zero-order chi connectivity index (χ0) is 22.7. The van der Waals surface area contributed by atoms with Gasteiger partial charge in [-0.15, -0.1) is 11.8 Å². The third kappa shape index (κ3) is 4.52. The molecule has 1 fully saturated rings. The third-order valence-corrected chi connectivity index (χ3v) is 6.50. The van der Waals surface area contributed by atoms with E-state index < -0.39 is 11.8 Å². The van der Waals surface area contributed by atoms with Crippen LogP contribution in [0.1, 0.15) is 23.2 Å². The molecule has 1 aliphatic heterocycles. The van der Waals surface area contributed by atoms with Gasteiger partial charge in [0, 0.05) is 10.5 Å². The second-order valence-corrected chi connectivity index (χ2v) is 8.58. The minimum absolute atomic E-state index is 0.0937. The normalized spacial score (nSPS) is 19.8. The maximum atomic E-state index is 13.0. The topological polar surface area (TPSA) is 122 Å². The van der Waals surface area contributed by atoms with Crippen LogP contribution in [0.2, 0.25) is 0 Å². The summed E-state index contributed by atoms with van der Waals surface area (Å²) in [5.74, 6) is -1.89. The molecule has 0 spiro atoms. The number of hydrazine groups is 1. The van der Waals surface area contributed by atoms with E-state index in [4.69, 9.17) is 5.73 Å². The van der Waals surface area contributed by atoms with Crippen molar-refractivity contribution < 1.29 is 19.2 Å². The van der Waals surface area contributed by atoms with Gasteiger partial charge in [0.05, 0.1) is 29.0 Å². The first-order chi connectivity index (χ1) is 15.4. The van der Waals surface area contributed by atoms with Gasteiger partial charge in [-0.05, 0) is 43.2 Å². The lowest BCUT2D eigenvalue weighted by molar-refractivity contribution is -0.139. The fourth-order valence-electron chi connectivity index (χ4n) is 3.81. The van der Waals surface area contributed by atoms with Gasteiger partial charge >= 0.3 is 0 Å². The molecule has 2 aromatic rings. The van der Waals surface area contributed by atoms with Crippen molar-refractivity contribution in [2.75, 3.05) is 16.1 Å². The highest BCUT2D eigenvalue weighted by Crippen LogP contribution is 2.33. The highest BCUT2D eigenvalue weighted by atomic mass is 32.2. The van der Waals surface area contributed by atoms with Gasteiger partial charge in [0.1, 0.15) is 0 Å². The fourth-order valence-corrected chi connectivity index (χ4v) is 4.56. The highest BCUT2D eigenvalue weighted by Gasteiger charge is 2.42. The maximum absolute atomic E-state index is 13.0. The summed E-state index contributed by atoms with van der Waals surface area (Å²) in [5, 5.41) is 4.07. The molecular weight excluding hydrogens is 428 g/mol. The SMILES string of the molecule is NC(=O)CSc1ccccc1NC(=O)c1cccc(N2NC(=O)C3CC=CCC3C2=O)c1. The van der Waals surface area contributed by atoms with E-state index in [1.54, 1.807) is 48.5 Å². The number of anilines is 2. The Hall–Kier alpha value is -3.59. The molecule has 8 nitrogen and oxygen atoms in total. The van der Waals surface area contributed by atoms with Crippen molar-refractivity contribution in [3.05, 3.63) is 66.2 Å². The number of nitrogens with two attached hydrogens (primary N) is 1. The molecule has 2 unspecified atom stereocenters. The Kier molecular flexibility index (Phi) is 6.27. The Morgan fingerprint density at radius 1 is 1.06 bits per heavy atom. The van der Waals surface area contributed by atoms with E-state index in [-0.39, 0.29) is 29.4 Å². The third-order valence-electron chi connectivity index (χ3n) is 5.40. The highest BCUT2D eigenvalue weighted by molar-refractivity contribution is 8.00. The molecule has 1 aliphatic carbocycles. The van der Waals surface area contributed by atoms with Crippen LogP contribution in [0.3, 0.4) is 0 Å². The number of hydrogen-bond acceptors (Lipinski definition) is 5. The van der Waals surface area contributed by atoms with Crippen LogP contribution < -0.4 is 21.5 Å². The first-order valence-electron chi connectivity index (χ1n) is 10.1. The molecule has 1 heterocycles. The number of primary amides is 1. The smallest absolute Gasteiger partial charge is 0.255 e. The van der Waals surface area contributed by atoms with Gasteiger partial charge in [0.15, 0.2) is 0 Å². The van der Waals surface area contributed by atoms with Gasteiger partial charge in [0.25, 0.3) is 5.91 Å². The van der Waals surface area contributed by atoms with Crippen LogP contribution in [0.15, 0.2) is 65.6 Å². The number of carbonyl (C=O) groups is 4. The molecule has 0 bridgehead atoms. The summed E-state index contributed by atoms with van der Waals surface area (Å²) in [7, 11) is 0. The van der Waals surface area contributed by atoms with E-state index in [0.29, 0.717) is 34.7 Å². The van der Waals surface area contributed by atoms with Gasteiger partial charge in [-0.1, -0.05) is 30.4 Å². The summed E-state index contributed by atoms with van der Waals surface area (Å²) >= 11 is 1.23. The molecule has 1 saturated heterocycles. The lowest BCUT2D eigenvalue weighted by Crippen LogP contribution is -2.59. The van der Waals surface area contributed by atoms with E-state index in [1.807, 2.05) is 12.2 Å². The van der Waals surface area contributed by atoms with Gasteiger partial charge < -0.3 is 11.1 Å². The molecule has 2 aromatic carbocycles. The van der Waals surface area contributed by atoms with Crippen LogP contribution >= 0.6 is 11.8 Å². The van der Waals surface area contributed by atoms with Crippen molar-refractivity contribution in [1.29, 1.82) is 0 Å². The Morgan fingerprint density at radius 2 is 1.81 bits per heavy atom. The largest absolute Gasteiger partial charge is 0.369 e. The van der Waals surface area contributed by atoms with Crippen LogP contribution in [-0.2, 0) is 14.4 Å². The molecule has 4 N–H and O–H groups in total. The Labute approximate surface area is 189 Å². The molecule has 9 heteroatoms. The fraction of sp³-hybridized carbons (Fsp3) is 0.217. The first-order valence-corrected chi connectivity index (χ1v) is 11.1. The van der Waals surface area contributed by atoms with Crippen LogP contribution in [0.25, 0.3) is 0 Å². The monoisotopic (exact) mass is 450 g/mol. The number of benzene rings is 2. The lowest BCUT2D eigenvalue weighted by Gasteiger charge is -2.38. The van der Waals surface area contributed by atoms with Gasteiger partial charge in [-0.2, -0.15) is 0 Å². The predicted octanol–water partition coefficient (Wildman–Crippen LogP) is 2.48. The molecule has 164 valence electrons. The van der Waals surface area contributed by atoms with Crippen LogP contribution in [0.4, 0.5) is 11.4 Å². The van der Waals surface area contributed by atoms with Crippen LogP contribution in [0.5, 0.6) is 0 Å². The number of para-hydroxylation sites is 1. The Bertz CT molecular complexity index is 1120. The first kappa shape index (κ1) is 21.6. The van der Waals surface area contributed by atoms with Crippen molar-refractivity contribution in [3.63, 3.8) is 0 Å². The number of hydrogen-bond donors (Lipinski definition) is 3. The molecule has 0 aromatic heterocycles. The summed E-state index contributed by atoms with van der Waals surface area (Å²) in [5.41, 5.74) is 9.18. The molecule has 32 heavy (non-hydrogen) atoms. The van der Waals surface area contributed by atoms with E-state index >= 15 is 0 Å². The van der Waals surface area contributed by atoms with E-state index in [2.05, 4.69) is 10.7 Å². The molecule has 2 atom stereocenters. The van der Waals surface area contributed by atoms with Gasteiger partial charge in [-0.25, -0.2) is 5.01 Å². The second kappa shape index (κ2) is 9.27. The van der Waals surface area contributed by atoms with Gasteiger partial charge in [-0.3, -0.25) is 24.6 Å². The minimum Gasteiger partial charge on any atom is -0.369 e.